The van der Waals surface area contributed by atoms with Crippen molar-refractivity contribution in [2.75, 3.05) is 0 Å². The zero-order chi connectivity index (χ0) is 8.59. The fourth-order valence-electron chi connectivity index (χ4n) is 1.08. The molecule has 1 aliphatic heterocycles. The molecule has 0 bridgehead atoms. The largest absolute Gasteiger partial charge is 0.392 e. The predicted octanol–water partition coefficient (Wildman–Crippen LogP) is -1.48. The summed E-state index contributed by atoms with van der Waals surface area (Å²) in [5.41, 5.74) is -0.982. The summed E-state index contributed by atoms with van der Waals surface area (Å²) in [5.74, 6) is 0. The minimum atomic E-state index is -1.14. The van der Waals surface area contributed by atoms with Crippen LogP contribution in [0.5, 0.6) is 0 Å². The van der Waals surface area contributed by atoms with E-state index in [4.69, 9.17) is 15.3 Å². The lowest BCUT2D eigenvalue weighted by Crippen LogP contribution is -2.36. The van der Waals surface area contributed by atoms with Crippen LogP contribution in [0.4, 0.5) is 0 Å². The van der Waals surface area contributed by atoms with Gasteiger partial charge in [-0.05, 0) is 6.92 Å². The maximum Gasteiger partial charge on any atom is 0.128 e. The van der Waals surface area contributed by atoms with Crippen LogP contribution in [0.3, 0.4) is 0 Å². The first-order valence-corrected chi connectivity index (χ1v) is 4.36. The predicted molar refractivity (Wildman–Crippen MR) is 41.1 cm³/mol. The smallest absolute Gasteiger partial charge is 0.128 e. The number of aliphatic hydroxyl groups is 4. The topological polar surface area (TPSA) is 80.9 Å². The fourth-order valence-corrected chi connectivity index (χ4v) is 2.28. The van der Waals surface area contributed by atoms with Gasteiger partial charge in [-0.2, -0.15) is 0 Å². The summed E-state index contributed by atoms with van der Waals surface area (Å²) in [6.45, 7) is 1.52. The Morgan fingerprint density at radius 3 is 1.91 bits per heavy atom. The van der Waals surface area contributed by atoms with Gasteiger partial charge in [-0.15, -0.1) is 11.8 Å². The Labute approximate surface area is 68.9 Å². The van der Waals surface area contributed by atoms with E-state index >= 15 is 0 Å². The van der Waals surface area contributed by atoms with E-state index in [2.05, 4.69) is 0 Å². The second-order valence-electron chi connectivity index (χ2n) is 2.71. The molecule has 5 heteroatoms. The highest BCUT2D eigenvalue weighted by Crippen LogP contribution is 2.34. The van der Waals surface area contributed by atoms with Crippen molar-refractivity contribution < 1.29 is 20.4 Å². The lowest BCUT2D eigenvalue weighted by Gasteiger charge is -2.16. The molecule has 4 N–H and O–H groups in total. The van der Waals surface area contributed by atoms with E-state index in [1.54, 1.807) is 0 Å². The molecule has 0 aromatic carbocycles. The van der Waals surface area contributed by atoms with Gasteiger partial charge in [0.1, 0.15) is 11.5 Å². The molecule has 1 unspecified atom stereocenters. The van der Waals surface area contributed by atoms with Crippen LogP contribution in [0, 0.1) is 0 Å². The van der Waals surface area contributed by atoms with Crippen LogP contribution in [-0.2, 0) is 0 Å². The molecular formula is C6H12O4S. The molecule has 0 aliphatic carbocycles. The number of hydrogen-bond acceptors (Lipinski definition) is 5. The van der Waals surface area contributed by atoms with Crippen LogP contribution in [0.15, 0.2) is 0 Å². The first-order chi connectivity index (χ1) is 5.04. The minimum Gasteiger partial charge on any atom is -0.392 e. The molecule has 66 valence electrons. The van der Waals surface area contributed by atoms with Crippen molar-refractivity contribution in [2.45, 2.75) is 35.9 Å². The summed E-state index contributed by atoms with van der Waals surface area (Å²) in [4.78, 5) is 0. The molecule has 5 atom stereocenters. The van der Waals surface area contributed by atoms with Crippen molar-refractivity contribution in [3.8, 4) is 0 Å². The molecule has 0 spiro atoms. The second kappa shape index (κ2) is 3.28. The minimum absolute atomic E-state index is 0.486. The number of rotatable bonds is 1. The SMILES string of the molecule is C[C@H](O)[C@H]1SC(O)[C@H](O)[C@@H]1O. The Morgan fingerprint density at radius 2 is 1.73 bits per heavy atom. The lowest BCUT2D eigenvalue weighted by molar-refractivity contribution is -0.0254. The van der Waals surface area contributed by atoms with Gasteiger partial charge in [0.15, 0.2) is 0 Å². The third kappa shape index (κ3) is 1.68. The van der Waals surface area contributed by atoms with Gasteiger partial charge < -0.3 is 20.4 Å². The highest BCUT2D eigenvalue weighted by atomic mass is 32.2. The van der Waals surface area contributed by atoms with Crippen LogP contribution in [0.25, 0.3) is 0 Å². The summed E-state index contributed by atoms with van der Waals surface area (Å²) in [6.07, 6.45) is -2.89. The molecule has 1 heterocycles. The Bertz CT molecular complexity index is 141. The van der Waals surface area contributed by atoms with E-state index in [9.17, 15) is 5.11 Å². The summed E-state index contributed by atoms with van der Waals surface area (Å²) in [6, 6.07) is 0. The molecule has 1 fully saturated rings. The van der Waals surface area contributed by atoms with Crippen LogP contribution < -0.4 is 0 Å². The average Bonchev–Trinajstić information content (AvgIpc) is 2.17. The number of aliphatic hydroxyl groups excluding tert-OH is 4. The van der Waals surface area contributed by atoms with Crippen molar-refractivity contribution in [1.29, 1.82) is 0 Å². The average molecular weight is 180 g/mol. The highest BCUT2D eigenvalue weighted by molar-refractivity contribution is 8.00. The molecule has 0 aromatic rings. The Hall–Kier alpha value is 0.190. The Morgan fingerprint density at radius 1 is 1.18 bits per heavy atom. The maximum absolute atomic E-state index is 9.21. The maximum atomic E-state index is 9.21. The Balaban J connectivity index is 2.59. The normalized spacial score (nSPS) is 47.7. The zero-order valence-corrected chi connectivity index (χ0v) is 6.90. The third-order valence-electron chi connectivity index (χ3n) is 1.75. The second-order valence-corrected chi connectivity index (χ2v) is 4.01. The van der Waals surface area contributed by atoms with Crippen molar-refractivity contribution in [3.05, 3.63) is 0 Å². The van der Waals surface area contributed by atoms with E-state index in [0.717, 1.165) is 11.8 Å². The van der Waals surface area contributed by atoms with Crippen molar-refractivity contribution in [2.24, 2.45) is 0 Å². The molecule has 1 saturated heterocycles. The van der Waals surface area contributed by atoms with Gasteiger partial charge in [-0.3, -0.25) is 0 Å². The van der Waals surface area contributed by atoms with Crippen LogP contribution in [0.1, 0.15) is 6.92 Å². The molecule has 1 rings (SSSR count). The summed E-state index contributed by atoms with van der Waals surface area (Å²) < 4.78 is 0. The van der Waals surface area contributed by atoms with Crippen LogP contribution in [0.2, 0.25) is 0 Å². The van der Waals surface area contributed by atoms with Crippen molar-refractivity contribution in [1.82, 2.24) is 0 Å². The van der Waals surface area contributed by atoms with Gasteiger partial charge in [0.25, 0.3) is 0 Å². The van der Waals surface area contributed by atoms with E-state index in [0.29, 0.717) is 0 Å². The summed E-state index contributed by atoms with van der Waals surface area (Å²) in [5, 5.41) is 35.9. The van der Waals surface area contributed by atoms with Crippen molar-refractivity contribution >= 4 is 11.8 Å². The highest BCUT2D eigenvalue weighted by Gasteiger charge is 2.43. The molecule has 0 amide bonds. The van der Waals surface area contributed by atoms with E-state index < -0.39 is 29.0 Å². The van der Waals surface area contributed by atoms with E-state index in [1.807, 2.05) is 0 Å². The number of hydrogen-bond donors (Lipinski definition) is 4. The van der Waals surface area contributed by atoms with Gasteiger partial charge >= 0.3 is 0 Å². The third-order valence-corrected chi connectivity index (χ3v) is 3.30. The number of thioether (sulfide) groups is 1. The van der Waals surface area contributed by atoms with Crippen molar-refractivity contribution in [3.63, 3.8) is 0 Å². The van der Waals surface area contributed by atoms with Gasteiger partial charge in [0, 0.05) is 0 Å². The molecule has 0 radical (unpaired) electrons. The lowest BCUT2D eigenvalue weighted by atomic mass is 10.1. The van der Waals surface area contributed by atoms with Gasteiger partial charge in [0.05, 0.1) is 17.5 Å². The molecule has 0 saturated carbocycles. The monoisotopic (exact) mass is 180 g/mol. The van der Waals surface area contributed by atoms with E-state index in [1.165, 1.54) is 6.92 Å². The molecule has 4 nitrogen and oxygen atoms in total. The molecule has 11 heavy (non-hydrogen) atoms. The zero-order valence-electron chi connectivity index (χ0n) is 6.08. The summed E-state index contributed by atoms with van der Waals surface area (Å²) >= 11 is 0.995. The molecular weight excluding hydrogens is 168 g/mol. The van der Waals surface area contributed by atoms with Crippen LogP contribution >= 0.6 is 11.8 Å². The fraction of sp³-hybridized carbons (Fsp3) is 1.00. The Kier molecular flexibility index (Phi) is 2.77. The quantitative estimate of drug-likeness (QED) is 0.396. The van der Waals surface area contributed by atoms with Gasteiger partial charge in [0.2, 0.25) is 0 Å². The van der Waals surface area contributed by atoms with Crippen LogP contribution in [-0.4, -0.2) is 49.4 Å². The summed E-state index contributed by atoms with van der Waals surface area (Å²) in [7, 11) is 0. The first-order valence-electron chi connectivity index (χ1n) is 3.41. The first kappa shape index (κ1) is 9.28. The standard InChI is InChI=1S/C6H12O4S/c1-2(7)5-3(8)4(9)6(10)11-5/h2-10H,1H3/t2-,3-,4+,5+,6?/m0/s1. The van der Waals surface area contributed by atoms with Gasteiger partial charge in [-0.25, -0.2) is 0 Å². The molecule has 0 aromatic heterocycles. The van der Waals surface area contributed by atoms with E-state index in [-0.39, 0.29) is 0 Å². The van der Waals surface area contributed by atoms with Gasteiger partial charge in [-0.1, -0.05) is 0 Å². The molecule has 1 aliphatic rings.